The zero-order chi connectivity index (χ0) is 29.1. The Bertz CT molecular complexity index is 1570. The summed E-state index contributed by atoms with van der Waals surface area (Å²) >= 11 is 0. The van der Waals surface area contributed by atoms with Crippen LogP contribution in [0.1, 0.15) is 47.8 Å². The molecule has 0 saturated heterocycles. The van der Waals surface area contributed by atoms with Gasteiger partial charge in [0.1, 0.15) is 11.6 Å². The smallest absolute Gasteiger partial charge is 0.300 e. The standard InChI is InChI=1S/C25H30F2N6O5S/c1-14-7-8-19(18(26)11-14)30-22-17(23(34)31-38-25(2,3)4)13-16(24(35)33(22)6)12-15-9-10-29-21(20(15)27)32-39(36,37)28-5/h7-11,13,28,30H,12H2,1-6H3,(H,29,32)(H,31,34). The molecule has 0 aliphatic carbocycles. The maximum atomic E-state index is 15.1. The van der Waals surface area contributed by atoms with Gasteiger partial charge in [0.2, 0.25) is 0 Å². The van der Waals surface area contributed by atoms with Crippen LogP contribution in [0.2, 0.25) is 0 Å². The van der Waals surface area contributed by atoms with Gasteiger partial charge < -0.3 is 5.32 Å². The van der Waals surface area contributed by atoms with Crippen molar-refractivity contribution in [2.45, 2.75) is 39.7 Å². The van der Waals surface area contributed by atoms with Gasteiger partial charge in [-0.15, -0.1) is 0 Å². The third kappa shape index (κ3) is 7.37. The Morgan fingerprint density at radius 2 is 1.82 bits per heavy atom. The molecular formula is C25H30F2N6O5S. The summed E-state index contributed by atoms with van der Waals surface area (Å²) in [7, 11) is -1.54. The molecule has 0 unspecified atom stereocenters. The first-order valence-corrected chi connectivity index (χ1v) is 13.2. The molecular weight excluding hydrogens is 534 g/mol. The highest BCUT2D eigenvalue weighted by atomic mass is 32.2. The summed E-state index contributed by atoms with van der Waals surface area (Å²) in [6.07, 6.45) is 0.867. The molecule has 0 saturated carbocycles. The van der Waals surface area contributed by atoms with Crippen LogP contribution < -0.4 is 25.8 Å². The quantitative estimate of drug-likeness (QED) is 0.293. The number of pyridine rings is 2. The van der Waals surface area contributed by atoms with Gasteiger partial charge in [0, 0.05) is 32.3 Å². The van der Waals surface area contributed by atoms with Crippen LogP contribution in [0.5, 0.6) is 0 Å². The highest BCUT2D eigenvalue weighted by Gasteiger charge is 2.23. The van der Waals surface area contributed by atoms with Gasteiger partial charge >= 0.3 is 0 Å². The van der Waals surface area contributed by atoms with Crippen molar-refractivity contribution in [3.05, 3.63) is 80.8 Å². The van der Waals surface area contributed by atoms with Crippen molar-refractivity contribution in [1.29, 1.82) is 0 Å². The lowest BCUT2D eigenvalue weighted by Gasteiger charge is -2.21. The van der Waals surface area contributed by atoms with E-state index < -0.39 is 44.7 Å². The molecule has 39 heavy (non-hydrogen) atoms. The lowest BCUT2D eigenvalue weighted by atomic mass is 10.0. The second-order valence-corrected chi connectivity index (χ2v) is 11.3. The van der Waals surface area contributed by atoms with Gasteiger partial charge in [-0.25, -0.2) is 24.0 Å². The maximum Gasteiger partial charge on any atom is 0.300 e. The first-order valence-electron chi connectivity index (χ1n) is 11.7. The van der Waals surface area contributed by atoms with Gasteiger partial charge in [0.25, 0.3) is 21.7 Å². The largest absolute Gasteiger partial charge is 0.339 e. The predicted molar refractivity (Wildman–Crippen MR) is 143 cm³/mol. The van der Waals surface area contributed by atoms with E-state index >= 15 is 4.39 Å². The number of hydroxylamine groups is 1. The number of hydrogen-bond acceptors (Lipinski definition) is 7. The molecule has 0 aliphatic rings. The van der Waals surface area contributed by atoms with Crippen LogP contribution in [0.4, 0.5) is 26.1 Å². The summed E-state index contributed by atoms with van der Waals surface area (Å²) < 4.78 is 58.4. The van der Waals surface area contributed by atoms with Crippen molar-refractivity contribution >= 4 is 33.4 Å². The summed E-state index contributed by atoms with van der Waals surface area (Å²) in [5.41, 5.74) is 1.54. The Kier molecular flexibility index (Phi) is 8.73. The molecule has 2 heterocycles. The number of benzene rings is 1. The normalized spacial score (nSPS) is 11.8. The Morgan fingerprint density at radius 3 is 2.44 bits per heavy atom. The monoisotopic (exact) mass is 564 g/mol. The molecule has 0 fully saturated rings. The van der Waals surface area contributed by atoms with Gasteiger partial charge in [-0.05, 0) is 63.1 Å². The molecule has 2 aromatic heterocycles. The predicted octanol–water partition coefficient (Wildman–Crippen LogP) is 3.04. The number of anilines is 3. The molecule has 11 nitrogen and oxygen atoms in total. The zero-order valence-corrected chi connectivity index (χ0v) is 23.1. The van der Waals surface area contributed by atoms with Crippen LogP contribution in [-0.4, -0.2) is 36.5 Å². The summed E-state index contributed by atoms with van der Waals surface area (Å²) in [6.45, 7) is 6.86. The molecule has 0 atom stereocenters. The summed E-state index contributed by atoms with van der Waals surface area (Å²) in [6, 6.07) is 6.95. The fourth-order valence-corrected chi connectivity index (χ4v) is 3.93. The van der Waals surface area contributed by atoms with E-state index in [4.69, 9.17) is 4.84 Å². The Morgan fingerprint density at radius 1 is 1.13 bits per heavy atom. The van der Waals surface area contributed by atoms with Crippen molar-refractivity contribution in [3.63, 3.8) is 0 Å². The lowest BCUT2D eigenvalue weighted by molar-refractivity contribution is -0.0589. The molecule has 0 bridgehead atoms. The molecule has 0 radical (unpaired) electrons. The summed E-state index contributed by atoms with van der Waals surface area (Å²) in [5, 5.41) is 2.80. The lowest BCUT2D eigenvalue weighted by Crippen LogP contribution is -2.35. The van der Waals surface area contributed by atoms with Crippen molar-refractivity contribution in [3.8, 4) is 0 Å². The third-order valence-corrected chi connectivity index (χ3v) is 6.41. The Labute approximate surface area is 224 Å². The number of aromatic nitrogens is 2. The van der Waals surface area contributed by atoms with Gasteiger partial charge in [-0.2, -0.15) is 8.42 Å². The second kappa shape index (κ2) is 11.5. The first-order chi connectivity index (χ1) is 18.1. The Hall–Kier alpha value is -3.88. The highest BCUT2D eigenvalue weighted by Crippen LogP contribution is 2.25. The van der Waals surface area contributed by atoms with E-state index in [0.29, 0.717) is 5.56 Å². The van der Waals surface area contributed by atoms with Gasteiger partial charge in [0.05, 0.1) is 16.9 Å². The van der Waals surface area contributed by atoms with Crippen LogP contribution in [0.15, 0.2) is 41.3 Å². The summed E-state index contributed by atoms with van der Waals surface area (Å²) in [5.74, 6) is -2.93. The third-order valence-electron chi connectivity index (χ3n) is 5.41. The van der Waals surface area contributed by atoms with Gasteiger partial charge in [-0.3, -0.25) is 23.7 Å². The number of nitrogens with one attached hydrogen (secondary N) is 4. The van der Waals surface area contributed by atoms with Crippen molar-refractivity contribution in [1.82, 2.24) is 19.8 Å². The van der Waals surface area contributed by atoms with E-state index in [9.17, 15) is 22.4 Å². The van der Waals surface area contributed by atoms with E-state index in [1.807, 2.05) is 9.44 Å². The number of rotatable bonds is 9. The average Bonchev–Trinajstić information content (AvgIpc) is 2.85. The number of carbonyl (C=O) groups excluding carboxylic acids is 1. The average molecular weight is 565 g/mol. The fraction of sp³-hybridized carbons (Fsp3) is 0.320. The van der Waals surface area contributed by atoms with Crippen LogP contribution in [0, 0.1) is 18.6 Å². The van der Waals surface area contributed by atoms with E-state index in [2.05, 4.69) is 15.8 Å². The van der Waals surface area contributed by atoms with Crippen molar-refractivity contribution < 1.29 is 26.8 Å². The Balaban J connectivity index is 2.10. The van der Waals surface area contributed by atoms with Crippen LogP contribution >= 0.6 is 0 Å². The molecule has 1 amide bonds. The molecule has 1 aromatic carbocycles. The number of nitrogens with zero attached hydrogens (tertiary/aromatic N) is 2. The van der Waals surface area contributed by atoms with Gasteiger partial charge in [-0.1, -0.05) is 6.07 Å². The molecule has 3 aromatic rings. The molecule has 3 rings (SSSR count). The zero-order valence-electron chi connectivity index (χ0n) is 22.3. The minimum absolute atomic E-state index is 0.000797. The van der Waals surface area contributed by atoms with Crippen LogP contribution in [-0.2, 0) is 28.5 Å². The highest BCUT2D eigenvalue weighted by molar-refractivity contribution is 7.90. The van der Waals surface area contributed by atoms with E-state index in [1.54, 1.807) is 33.8 Å². The maximum absolute atomic E-state index is 15.1. The second-order valence-electron chi connectivity index (χ2n) is 9.67. The fourth-order valence-electron chi connectivity index (χ4n) is 3.43. The molecule has 4 N–H and O–H groups in total. The molecule has 0 spiro atoms. The van der Waals surface area contributed by atoms with Crippen molar-refractivity contribution in [2.24, 2.45) is 7.05 Å². The summed E-state index contributed by atoms with van der Waals surface area (Å²) in [4.78, 5) is 35.6. The van der Waals surface area contributed by atoms with Crippen molar-refractivity contribution in [2.75, 3.05) is 17.1 Å². The molecule has 210 valence electrons. The van der Waals surface area contributed by atoms with E-state index in [-0.39, 0.29) is 34.6 Å². The number of halogens is 2. The first kappa shape index (κ1) is 29.7. The SMILES string of the molecule is CNS(=O)(=O)Nc1nccc(Cc2cc(C(=O)NOC(C)(C)C)c(Nc3ccc(C)cc3F)n(C)c2=O)c1F. The van der Waals surface area contributed by atoms with E-state index in [1.165, 1.54) is 37.5 Å². The number of hydrogen-bond donors (Lipinski definition) is 4. The topological polar surface area (TPSA) is 143 Å². The van der Waals surface area contributed by atoms with Gasteiger partial charge in [0.15, 0.2) is 11.6 Å². The minimum Gasteiger partial charge on any atom is -0.339 e. The van der Waals surface area contributed by atoms with Crippen LogP contribution in [0.25, 0.3) is 0 Å². The molecule has 0 aliphatic heterocycles. The number of carbonyl (C=O) groups is 1. The number of amides is 1. The number of aryl methyl sites for hydroxylation is 1. The van der Waals surface area contributed by atoms with E-state index in [0.717, 1.165) is 11.6 Å². The van der Waals surface area contributed by atoms with Crippen LogP contribution in [0.3, 0.4) is 0 Å². The minimum atomic E-state index is -4.05. The molecule has 14 heteroatoms.